The largest absolute Gasteiger partial charge is 0.328 e. The monoisotopic (exact) mass is 328 g/mol. The maximum absolute atomic E-state index is 6.39. The molecule has 1 fully saturated rings. The zero-order chi connectivity index (χ0) is 15.4. The van der Waals surface area contributed by atoms with Gasteiger partial charge in [0.05, 0.1) is 0 Å². The lowest BCUT2D eigenvalue weighted by Crippen LogP contribution is -2.42. The fourth-order valence-electron chi connectivity index (χ4n) is 3.40. The second-order valence-electron chi connectivity index (χ2n) is 6.15. The highest BCUT2D eigenvalue weighted by atomic mass is 35.5. The van der Waals surface area contributed by atoms with Gasteiger partial charge in [0.15, 0.2) is 0 Å². The van der Waals surface area contributed by atoms with Gasteiger partial charge in [-0.15, -0.1) is 0 Å². The number of hydrogen-bond acceptors (Lipinski definition) is 2. The normalized spacial score (nSPS) is 24.3. The molecule has 0 amide bonds. The summed E-state index contributed by atoms with van der Waals surface area (Å²) in [4.78, 5) is 2.59. The molecule has 0 radical (unpaired) electrons. The summed E-state index contributed by atoms with van der Waals surface area (Å²) in [5.41, 5.74) is 7.18. The van der Waals surface area contributed by atoms with Crippen molar-refractivity contribution in [3.8, 4) is 0 Å². The van der Waals surface area contributed by atoms with Crippen LogP contribution < -0.4 is 5.73 Å². The number of hydrogen-bond donors (Lipinski definition) is 1. The van der Waals surface area contributed by atoms with Crippen molar-refractivity contribution in [2.45, 2.75) is 64.1 Å². The van der Waals surface area contributed by atoms with Crippen LogP contribution in [-0.2, 0) is 0 Å². The Morgan fingerprint density at radius 2 is 1.90 bits per heavy atom. The molecule has 2 N–H and O–H groups in total. The van der Waals surface area contributed by atoms with Crippen molar-refractivity contribution < 1.29 is 0 Å². The van der Waals surface area contributed by atoms with Crippen molar-refractivity contribution in [2.75, 3.05) is 6.54 Å². The number of nitrogens with zero attached hydrogens (tertiary/aromatic N) is 1. The molecule has 2 rings (SSSR count). The molecule has 118 valence electrons. The molecule has 0 bridgehead atoms. The molecule has 1 atom stereocenters. The molecule has 4 heteroatoms. The van der Waals surface area contributed by atoms with E-state index < -0.39 is 0 Å². The SMILES string of the molecule is CCCN(C1CCC(N)CC1)C(C)c1cc(Cl)ccc1Cl. The Labute approximate surface area is 138 Å². The molecule has 1 aliphatic rings. The summed E-state index contributed by atoms with van der Waals surface area (Å²) in [7, 11) is 0. The van der Waals surface area contributed by atoms with Crippen LogP contribution in [0.25, 0.3) is 0 Å². The summed E-state index contributed by atoms with van der Waals surface area (Å²) in [6.07, 6.45) is 5.76. The van der Waals surface area contributed by atoms with E-state index in [1.165, 1.54) is 12.8 Å². The number of rotatable bonds is 5. The first kappa shape index (κ1) is 17.1. The maximum atomic E-state index is 6.39. The molecule has 0 spiro atoms. The highest BCUT2D eigenvalue weighted by molar-refractivity contribution is 6.33. The minimum atomic E-state index is 0.287. The molecule has 1 unspecified atom stereocenters. The van der Waals surface area contributed by atoms with E-state index in [0.29, 0.717) is 12.1 Å². The Morgan fingerprint density at radius 1 is 1.24 bits per heavy atom. The molecular weight excluding hydrogens is 303 g/mol. The summed E-state index contributed by atoms with van der Waals surface area (Å²) in [5, 5.41) is 1.56. The molecule has 0 heterocycles. The first-order valence-electron chi connectivity index (χ1n) is 7.99. The van der Waals surface area contributed by atoms with Gasteiger partial charge >= 0.3 is 0 Å². The van der Waals surface area contributed by atoms with Crippen LogP contribution in [0.1, 0.15) is 57.6 Å². The quantitative estimate of drug-likeness (QED) is 0.820. The molecule has 1 aromatic carbocycles. The van der Waals surface area contributed by atoms with Gasteiger partial charge in [0, 0.05) is 28.2 Å². The molecule has 1 aromatic rings. The molecule has 1 saturated carbocycles. The van der Waals surface area contributed by atoms with Crippen LogP contribution in [0.5, 0.6) is 0 Å². The average Bonchev–Trinajstić information content (AvgIpc) is 2.48. The molecule has 0 saturated heterocycles. The molecule has 1 aliphatic carbocycles. The van der Waals surface area contributed by atoms with Crippen molar-refractivity contribution in [2.24, 2.45) is 5.73 Å². The standard InChI is InChI=1S/C17H26Cl2N2/c1-3-10-21(15-7-5-14(20)6-8-15)12(2)16-11-13(18)4-9-17(16)19/h4,9,11-12,14-15H,3,5-8,10,20H2,1-2H3. The molecule has 2 nitrogen and oxygen atoms in total. The van der Waals surface area contributed by atoms with Crippen LogP contribution in [-0.4, -0.2) is 23.5 Å². The first-order chi connectivity index (χ1) is 10.0. The predicted octanol–water partition coefficient (Wildman–Crippen LogP) is 5.04. The maximum Gasteiger partial charge on any atom is 0.0454 e. The predicted molar refractivity (Wildman–Crippen MR) is 92.1 cm³/mol. The van der Waals surface area contributed by atoms with E-state index in [0.717, 1.165) is 41.4 Å². The van der Waals surface area contributed by atoms with Gasteiger partial charge in [0.1, 0.15) is 0 Å². The summed E-state index contributed by atoms with van der Waals surface area (Å²) < 4.78 is 0. The number of nitrogens with two attached hydrogens (primary N) is 1. The third kappa shape index (κ3) is 4.35. The lowest BCUT2D eigenvalue weighted by Gasteiger charge is -2.40. The number of halogens is 2. The lowest BCUT2D eigenvalue weighted by atomic mass is 9.89. The topological polar surface area (TPSA) is 29.3 Å². The van der Waals surface area contributed by atoms with Crippen molar-refractivity contribution in [3.05, 3.63) is 33.8 Å². The van der Waals surface area contributed by atoms with Gasteiger partial charge in [-0.25, -0.2) is 0 Å². The van der Waals surface area contributed by atoms with Gasteiger partial charge in [0.25, 0.3) is 0 Å². The van der Waals surface area contributed by atoms with Gasteiger partial charge in [-0.2, -0.15) is 0 Å². The zero-order valence-corrected chi connectivity index (χ0v) is 14.5. The summed E-state index contributed by atoms with van der Waals surface area (Å²) in [6.45, 7) is 5.56. The van der Waals surface area contributed by atoms with E-state index in [4.69, 9.17) is 28.9 Å². The van der Waals surface area contributed by atoms with Crippen molar-refractivity contribution in [1.82, 2.24) is 4.90 Å². The Morgan fingerprint density at radius 3 is 2.52 bits per heavy atom. The molecule has 21 heavy (non-hydrogen) atoms. The van der Waals surface area contributed by atoms with Crippen LogP contribution in [0.2, 0.25) is 10.0 Å². The summed E-state index contributed by atoms with van der Waals surface area (Å²) in [5.74, 6) is 0. The smallest absolute Gasteiger partial charge is 0.0454 e. The van der Waals surface area contributed by atoms with Gasteiger partial charge < -0.3 is 5.73 Å². The molecule has 0 aromatic heterocycles. The van der Waals surface area contributed by atoms with Gasteiger partial charge in [0.2, 0.25) is 0 Å². The Hall–Kier alpha value is -0.280. The van der Waals surface area contributed by atoms with Gasteiger partial charge in [-0.05, 0) is 69.3 Å². The van der Waals surface area contributed by atoms with Gasteiger partial charge in [-0.3, -0.25) is 4.90 Å². The Kier molecular flexibility index (Phi) is 6.36. The number of benzene rings is 1. The molecular formula is C17H26Cl2N2. The van der Waals surface area contributed by atoms with E-state index in [1.54, 1.807) is 0 Å². The highest BCUT2D eigenvalue weighted by Crippen LogP contribution is 2.34. The van der Waals surface area contributed by atoms with Crippen molar-refractivity contribution >= 4 is 23.2 Å². The minimum Gasteiger partial charge on any atom is -0.328 e. The first-order valence-corrected chi connectivity index (χ1v) is 8.74. The second kappa shape index (κ2) is 7.82. The summed E-state index contributed by atoms with van der Waals surface area (Å²) in [6, 6.07) is 7.03. The molecule has 0 aliphatic heterocycles. The van der Waals surface area contributed by atoms with E-state index in [9.17, 15) is 0 Å². The third-order valence-corrected chi connectivity index (χ3v) is 5.18. The van der Waals surface area contributed by atoms with E-state index >= 15 is 0 Å². The van der Waals surface area contributed by atoms with Crippen molar-refractivity contribution in [3.63, 3.8) is 0 Å². The summed E-state index contributed by atoms with van der Waals surface area (Å²) >= 11 is 12.5. The fraction of sp³-hybridized carbons (Fsp3) is 0.647. The Balaban J connectivity index is 2.18. The third-order valence-electron chi connectivity index (χ3n) is 4.60. The van der Waals surface area contributed by atoms with E-state index in [1.807, 2.05) is 18.2 Å². The van der Waals surface area contributed by atoms with Crippen LogP contribution in [0.15, 0.2) is 18.2 Å². The van der Waals surface area contributed by atoms with Crippen LogP contribution in [0.3, 0.4) is 0 Å². The van der Waals surface area contributed by atoms with E-state index in [2.05, 4.69) is 18.7 Å². The van der Waals surface area contributed by atoms with E-state index in [-0.39, 0.29) is 6.04 Å². The van der Waals surface area contributed by atoms with Crippen molar-refractivity contribution in [1.29, 1.82) is 0 Å². The van der Waals surface area contributed by atoms with Crippen LogP contribution >= 0.6 is 23.2 Å². The van der Waals surface area contributed by atoms with Crippen LogP contribution in [0, 0.1) is 0 Å². The fourth-order valence-corrected chi connectivity index (χ4v) is 3.85. The highest BCUT2D eigenvalue weighted by Gasteiger charge is 2.28. The lowest BCUT2D eigenvalue weighted by molar-refractivity contribution is 0.107. The zero-order valence-electron chi connectivity index (χ0n) is 13.0. The second-order valence-corrected chi connectivity index (χ2v) is 6.99. The van der Waals surface area contributed by atoms with Crippen LogP contribution in [0.4, 0.5) is 0 Å². The average molecular weight is 329 g/mol. The Bertz CT molecular complexity index is 456. The van der Waals surface area contributed by atoms with Gasteiger partial charge in [-0.1, -0.05) is 30.1 Å². The minimum absolute atomic E-state index is 0.287.